The van der Waals surface area contributed by atoms with E-state index in [2.05, 4.69) is 0 Å². The Balaban J connectivity index is 2.17. The molecule has 1 amide bonds. The fourth-order valence-electron chi connectivity index (χ4n) is 1.19. The molecule has 1 heterocycles. The lowest BCUT2D eigenvalue weighted by Gasteiger charge is -1.99. The van der Waals surface area contributed by atoms with Gasteiger partial charge >= 0.3 is 0 Å². The molecule has 13 heavy (non-hydrogen) atoms. The van der Waals surface area contributed by atoms with Crippen LogP contribution in [0.25, 0.3) is 0 Å². The second kappa shape index (κ2) is 2.57. The number of amides is 1. The third-order valence-corrected chi connectivity index (χ3v) is 1.98. The molecule has 0 aromatic heterocycles. The van der Waals surface area contributed by atoms with Crippen molar-refractivity contribution >= 4 is 5.91 Å². The Morgan fingerprint density at radius 1 is 1.31 bits per heavy atom. The zero-order valence-corrected chi connectivity index (χ0v) is 7.65. The number of rotatable bonds is 1. The van der Waals surface area contributed by atoms with Crippen molar-refractivity contribution in [3.8, 4) is 0 Å². The molecule has 1 aliphatic heterocycles. The molecule has 0 bridgehead atoms. The van der Waals surface area contributed by atoms with E-state index in [1.807, 2.05) is 32.0 Å². The molecule has 3 heteroatoms. The number of carbonyl (C=O) groups is 1. The van der Waals surface area contributed by atoms with Crippen molar-refractivity contribution in [2.45, 2.75) is 19.6 Å². The number of hydroxylamine groups is 2. The first-order chi connectivity index (χ1) is 6.11. The fourth-order valence-corrected chi connectivity index (χ4v) is 1.19. The van der Waals surface area contributed by atoms with Crippen molar-refractivity contribution in [1.82, 2.24) is 5.06 Å². The van der Waals surface area contributed by atoms with Gasteiger partial charge in [0.25, 0.3) is 5.91 Å². The van der Waals surface area contributed by atoms with Gasteiger partial charge < -0.3 is 0 Å². The Labute approximate surface area is 76.9 Å². The van der Waals surface area contributed by atoms with Crippen LogP contribution in [0.5, 0.6) is 0 Å². The topological polar surface area (TPSA) is 32.6 Å². The van der Waals surface area contributed by atoms with Crippen LogP contribution in [0.4, 0.5) is 0 Å². The van der Waals surface area contributed by atoms with Crippen LogP contribution in [0.3, 0.4) is 0 Å². The summed E-state index contributed by atoms with van der Waals surface area (Å²) in [6.45, 7) is 3.71. The lowest BCUT2D eigenvalue weighted by Crippen LogP contribution is -2.17. The van der Waals surface area contributed by atoms with Gasteiger partial charge in [0.15, 0.2) is 5.72 Å². The Morgan fingerprint density at radius 3 is 2.31 bits per heavy atom. The first kappa shape index (κ1) is 8.26. The van der Waals surface area contributed by atoms with Crippen LogP contribution in [0.15, 0.2) is 30.3 Å². The number of carbonyl (C=O) groups excluding carboxylic acids is 1. The van der Waals surface area contributed by atoms with Crippen molar-refractivity contribution in [1.29, 1.82) is 0 Å². The summed E-state index contributed by atoms with van der Waals surface area (Å²) >= 11 is 0. The Hall–Kier alpha value is -1.35. The average molecular weight is 177 g/mol. The molecule has 1 aliphatic rings. The summed E-state index contributed by atoms with van der Waals surface area (Å²) in [5, 5.41) is 1.38. The molecule has 1 aromatic carbocycles. The van der Waals surface area contributed by atoms with Gasteiger partial charge in [-0.2, -0.15) is 5.06 Å². The van der Waals surface area contributed by atoms with E-state index >= 15 is 0 Å². The van der Waals surface area contributed by atoms with Crippen molar-refractivity contribution in [3.05, 3.63) is 35.9 Å². The van der Waals surface area contributed by atoms with E-state index in [0.717, 1.165) is 0 Å². The molecule has 0 radical (unpaired) electrons. The van der Waals surface area contributed by atoms with Crippen LogP contribution >= 0.6 is 0 Å². The quantitative estimate of drug-likeness (QED) is 0.613. The van der Waals surface area contributed by atoms with Crippen molar-refractivity contribution in [3.63, 3.8) is 0 Å². The minimum Gasteiger partial charge on any atom is -0.267 e. The second-order valence-electron chi connectivity index (χ2n) is 3.50. The highest BCUT2D eigenvalue weighted by molar-refractivity contribution is 5.94. The van der Waals surface area contributed by atoms with Crippen molar-refractivity contribution in [2.75, 3.05) is 0 Å². The van der Waals surface area contributed by atoms with E-state index in [1.54, 1.807) is 12.1 Å². The maximum absolute atomic E-state index is 11.6. The predicted molar refractivity (Wildman–Crippen MR) is 47.8 cm³/mol. The summed E-state index contributed by atoms with van der Waals surface area (Å²) in [5.41, 5.74) is 0.237. The molecule has 3 nitrogen and oxygen atoms in total. The highest BCUT2D eigenvalue weighted by Crippen LogP contribution is 2.34. The first-order valence-electron chi connectivity index (χ1n) is 4.20. The summed E-state index contributed by atoms with van der Waals surface area (Å²) in [4.78, 5) is 16.7. The monoisotopic (exact) mass is 177 g/mol. The van der Waals surface area contributed by atoms with E-state index in [1.165, 1.54) is 5.06 Å². The number of nitrogens with zero attached hydrogens (tertiary/aromatic N) is 1. The van der Waals surface area contributed by atoms with E-state index in [0.29, 0.717) is 5.56 Å². The third-order valence-electron chi connectivity index (χ3n) is 1.98. The Kier molecular flexibility index (Phi) is 1.63. The van der Waals surface area contributed by atoms with Gasteiger partial charge in [-0.05, 0) is 26.0 Å². The van der Waals surface area contributed by atoms with Gasteiger partial charge in [0.2, 0.25) is 0 Å². The smallest absolute Gasteiger partial charge is 0.267 e. The zero-order chi connectivity index (χ0) is 9.47. The van der Waals surface area contributed by atoms with Crippen LogP contribution in [-0.4, -0.2) is 16.7 Å². The minimum absolute atomic E-state index is 0.0781. The van der Waals surface area contributed by atoms with Gasteiger partial charge in [0, 0.05) is 5.56 Å². The molecule has 0 saturated carbocycles. The lowest BCUT2D eigenvalue weighted by molar-refractivity contribution is 0.0712. The molecular weight excluding hydrogens is 166 g/mol. The molecule has 0 N–H and O–H groups in total. The summed E-state index contributed by atoms with van der Waals surface area (Å²) in [7, 11) is 0. The van der Waals surface area contributed by atoms with Crippen LogP contribution in [0.2, 0.25) is 0 Å². The molecular formula is C10H11NO2. The van der Waals surface area contributed by atoms with Gasteiger partial charge in [-0.1, -0.05) is 18.2 Å². The van der Waals surface area contributed by atoms with E-state index < -0.39 is 5.72 Å². The number of hydrogen-bond acceptors (Lipinski definition) is 2. The molecule has 0 aliphatic carbocycles. The highest BCUT2D eigenvalue weighted by atomic mass is 16.9. The molecule has 1 saturated heterocycles. The maximum Gasteiger partial charge on any atom is 0.280 e. The summed E-state index contributed by atoms with van der Waals surface area (Å²) in [6.07, 6.45) is 0. The Bertz CT molecular complexity index is 332. The summed E-state index contributed by atoms with van der Waals surface area (Å²) < 4.78 is 0. The molecule has 2 rings (SSSR count). The van der Waals surface area contributed by atoms with E-state index in [9.17, 15) is 4.79 Å². The minimum atomic E-state index is -0.424. The molecule has 1 aromatic rings. The third kappa shape index (κ3) is 1.42. The second-order valence-corrected chi connectivity index (χ2v) is 3.50. The van der Waals surface area contributed by atoms with Crippen molar-refractivity contribution < 1.29 is 9.63 Å². The van der Waals surface area contributed by atoms with Gasteiger partial charge in [-0.15, -0.1) is 0 Å². The average Bonchev–Trinajstić information content (AvgIpc) is 2.76. The first-order valence-corrected chi connectivity index (χ1v) is 4.20. The van der Waals surface area contributed by atoms with E-state index in [4.69, 9.17) is 4.84 Å². The lowest BCUT2D eigenvalue weighted by atomic mass is 10.2. The van der Waals surface area contributed by atoms with Gasteiger partial charge in [-0.25, -0.2) is 4.84 Å². The van der Waals surface area contributed by atoms with Crippen molar-refractivity contribution in [2.24, 2.45) is 0 Å². The molecule has 0 unspecified atom stereocenters. The number of benzene rings is 1. The molecule has 0 atom stereocenters. The van der Waals surface area contributed by atoms with Gasteiger partial charge in [0.1, 0.15) is 0 Å². The fraction of sp³-hybridized carbons (Fsp3) is 0.300. The predicted octanol–water partition coefficient (Wildman–Crippen LogP) is 1.81. The van der Waals surface area contributed by atoms with Gasteiger partial charge in [0.05, 0.1) is 0 Å². The van der Waals surface area contributed by atoms with Crippen LogP contribution < -0.4 is 0 Å². The maximum atomic E-state index is 11.6. The summed E-state index contributed by atoms with van der Waals surface area (Å²) in [6, 6.07) is 9.11. The highest BCUT2D eigenvalue weighted by Gasteiger charge is 2.50. The normalized spacial score (nSPS) is 18.5. The van der Waals surface area contributed by atoms with Gasteiger partial charge in [-0.3, -0.25) is 4.79 Å². The van der Waals surface area contributed by atoms with E-state index in [-0.39, 0.29) is 5.91 Å². The molecule has 0 spiro atoms. The van der Waals surface area contributed by atoms with Crippen LogP contribution in [0.1, 0.15) is 24.2 Å². The largest absolute Gasteiger partial charge is 0.280 e. The zero-order valence-electron chi connectivity index (χ0n) is 7.65. The summed E-state index contributed by atoms with van der Waals surface area (Å²) in [5.74, 6) is -0.0781. The SMILES string of the molecule is CC1(C)ON1C(=O)c1ccccc1. The number of hydrogen-bond donors (Lipinski definition) is 0. The Morgan fingerprint density at radius 2 is 1.85 bits per heavy atom. The van der Waals surface area contributed by atoms with Crippen LogP contribution in [0, 0.1) is 0 Å². The molecule has 68 valence electrons. The van der Waals surface area contributed by atoms with Crippen LogP contribution in [-0.2, 0) is 4.84 Å². The molecule has 1 fully saturated rings. The standard InChI is InChI=1S/C10H11NO2/c1-10(2)11(13-10)9(12)8-6-4-3-5-7-8/h3-7H,1-2H3.